The summed E-state index contributed by atoms with van der Waals surface area (Å²) in [5, 5.41) is 0. The molecule has 0 aliphatic heterocycles. The molecule has 76 valence electrons. The van der Waals surface area contributed by atoms with Gasteiger partial charge in [0, 0.05) is 6.54 Å². The van der Waals surface area contributed by atoms with E-state index in [-0.39, 0.29) is 0 Å². The van der Waals surface area contributed by atoms with Gasteiger partial charge >= 0.3 is 0 Å². The highest BCUT2D eigenvalue weighted by Gasteiger charge is 2.03. The van der Waals surface area contributed by atoms with Crippen molar-refractivity contribution in [2.75, 3.05) is 13.7 Å². The zero-order valence-electron chi connectivity index (χ0n) is 8.38. The van der Waals surface area contributed by atoms with E-state index in [1.54, 1.807) is 7.11 Å². The minimum absolute atomic E-state index is 0.559. The Morgan fingerprint density at radius 1 is 1.50 bits per heavy atom. The molecule has 0 aliphatic rings. The van der Waals surface area contributed by atoms with E-state index < -0.39 is 0 Å². The zero-order chi connectivity index (χ0) is 10.6. The minimum Gasteiger partial charge on any atom is -0.496 e. The van der Waals surface area contributed by atoms with Crippen LogP contribution in [0.5, 0.6) is 5.75 Å². The molecule has 0 fully saturated rings. The van der Waals surface area contributed by atoms with Gasteiger partial charge in [-0.1, -0.05) is 12.2 Å². The smallest absolute Gasteiger partial charge is 0.133 e. The van der Waals surface area contributed by atoms with Crippen molar-refractivity contribution < 1.29 is 4.74 Å². The van der Waals surface area contributed by atoms with E-state index in [4.69, 9.17) is 10.5 Å². The summed E-state index contributed by atoms with van der Waals surface area (Å²) in [5.41, 5.74) is 7.73. The second kappa shape index (κ2) is 5.17. The summed E-state index contributed by atoms with van der Waals surface area (Å²) < 4.78 is 6.15. The van der Waals surface area contributed by atoms with E-state index >= 15 is 0 Å². The molecule has 0 saturated carbocycles. The Hall–Kier alpha value is -0.800. The molecule has 0 atom stereocenters. The topological polar surface area (TPSA) is 35.2 Å². The largest absolute Gasteiger partial charge is 0.496 e. The van der Waals surface area contributed by atoms with E-state index in [9.17, 15) is 0 Å². The van der Waals surface area contributed by atoms with Crippen LogP contribution in [0, 0.1) is 6.92 Å². The number of nitrogens with two attached hydrogens (primary N) is 1. The van der Waals surface area contributed by atoms with Crippen molar-refractivity contribution in [2.24, 2.45) is 5.73 Å². The van der Waals surface area contributed by atoms with Crippen molar-refractivity contribution in [3.8, 4) is 5.75 Å². The summed E-state index contributed by atoms with van der Waals surface area (Å²) in [6, 6.07) is 4.03. The van der Waals surface area contributed by atoms with Crippen molar-refractivity contribution in [3.05, 3.63) is 33.8 Å². The molecule has 1 aromatic rings. The van der Waals surface area contributed by atoms with Gasteiger partial charge in [-0.05, 0) is 46.1 Å². The molecular formula is C11H14BrNO. The molecule has 0 heterocycles. The fourth-order valence-corrected chi connectivity index (χ4v) is 1.72. The number of hydrogen-bond acceptors (Lipinski definition) is 2. The van der Waals surface area contributed by atoms with Gasteiger partial charge in [0.15, 0.2) is 0 Å². The number of benzene rings is 1. The third-order valence-corrected chi connectivity index (χ3v) is 2.59. The van der Waals surface area contributed by atoms with Crippen LogP contribution in [0.3, 0.4) is 0 Å². The maximum Gasteiger partial charge on any atom is 0.133 e. The Labute approximate surface area is 92.9 Å². The number of halogens is 1. The maximum absolute atomic E-state index is 5.40. The third-order valence-electron chi connectivity index (χ3n) is 1.97. The Bertz CT molecular complexity index is 347. The van der Waals surface area contributed by atoms with Crippen molar-refractivity contribution in [3.63, 3.8) is 0 Å². The molecular weight excluding hydrogens is 242 g/mol. The van der Waals surface area contributed by atoms with Crippen molar-refractivity contribution in [1.82, 2.24) is 0 Å². The van der Waals surface area contributed by atoms with Crippen LogP contribution in [-0.2, 0) is 0 Å². The molecule has 0 bridgehead atoms. The number of ether oxygens (including phenoxy) is 1. The van der Waals surface area contributed by atoms with Gasteiger partial charge in [-0.25, -0.2) is 0 Å². The fraction of sp³-hybridized carbons (Fsp3) is 0.273. The summed E-state index contributed by atoms with van der Waals surface area (Å²) in [6.07, 6.45) is 3.95. The molecule has 0 aromatic heterocycles. The highest BCUT2D eigenvalue weighted by molar-refractivity contribution is 9.10. The first kappa shape index (κ1) is 11.3. The average molecular weight is 256 g/mol. The zero-order valence-corrected chi connectivity index (χ0v) is 9.97. The summed E-state index contributed by atoms with van der Waals surface area (Å²) in [4.78, 5) is 0. The van der Waals surface area contributed by atoms with Crippen molar-refractivity contribution in [2.45, 2.75) is 6.92 Å². The van der Waals surface area contributed by atoms with Crippen LogP contribution in [0.1, 0.15) is 11.1 Å². The van der Waals surface area contributed by atoms with E-state index in [0.29, 0.717) is 6.54 Å². The highest BCUT2D eigenvalue weighted by atomic mass is 79.9. The predicted molar refractivity (Wildman–Crippen MR) is 63.5 cm³/mol. The molecule has 0 aliphatic carbocycles. The van der Waals surface area contributed by atoms with Crippen LogP contribution in [0.4, 0.5) is 0 Å². The number of methoxy groups -OCH3 is 1. The molecule has 3 heteroatoms. The second-order valence-corrected chi connectivity index (χ2v) is 3.84. The Morgan fingerprint density at radius 3 is 2.79 bits per heavy atom. The number of hydrogen-bond donors (Lipinski definition) is 1. The van der Waals surface area contributed by atoms with Crippen LogP contribution < -0.4 is 10.5 Å². The molecule has 1 aromatic carbocycles. The Balaban J connectivity index is 3.08. The lowest BCUT2D eigenvalue weighted by molar-refractivity contribution is 0.412. The first-order chi connectivity index (χ1) is 6.69. The lowest BCUT2D eigenvalue weighted by Crippen LogP contribution is -1.93. The lowest BCUT2D eigenvalue weighted by Gasteiger charge is -2.07. The standard InChI is InChI=1S/C11H14BrNO/c1-8-6-11(14-2)10(12)7-9(8)4-3-5-13/h3-4,6-7H,5,13H2,1-2H3/b4-3+. The monoisotopic (exact) mass is 255 g/mol. The van der Waals surface area contributed by atoms with Gasteiger partial charge < -0.3 is 10.5 Å². The van der Waals surface area contributed by atoms with Gasteiger partial charge in [-0.3, -0.25) is 0 Å². The second-order valence-electron chi connectivity index (χ2n) is 2.98. The van der Waals surface area contributed by atoms with E-state index in [1.807, 2.05) is 31.2 Å². The molecule has 14 heavy (non-hydrogen) atoms. The van der Waals surface area contributed by atoms with E-state index in [2.05, 4.69) is 15.9 Å². The minimum atomic E-state index is 0.559. The molecule has 0 saturated heterocycles. The average Bonchev–Trinajstić information content (AvgIpc) is 2.18. The number of rotatable bonds is 3. The van der Waals surface area contributed by atoms with Gasteiger partial charge in [0.05, 0.1) is 11.6 Å². The van der Waals surface area contributed by atoms with Gasteiger partial charge in [-0.15, -0.1) is 0 Å². The van der Waals surface area contributed by atoms with E-state index in [0.717, 1.165) is 15.8 Å². The van der Waals surface area contributed by atoms with Gasteiger partial charge in [0.25, 0.3) is 0 Å². The molecule has 0 amide bonds. The van der Waals surface area contributed by atoms with Crippen LogP contribution in [-0.4, -0.2) is 13.7 Å². The molecule has 0 radical (unpaired) electrons. The van der Waals surface area contributed by atoms with Crippen LogP contribution in [0.25, 0.3) is 6.08 Å². The first-order valence-electron chi connectivity index (χ1n) is 4.39. The Morgan fingerprint density at radius 2 is 2.21 bits per heavy atom. The summed E-state index contributed by atoms with van der Waals surface area (Å²) in [7, 11) is 1.66. The van der Waals surface area contributed by atoms with Gasteiger partial charge in [0.1, 0.15) is 5.75 Å². The quantitative estimate of drug-likeness (QED) is 0.902. The Kier molecular flexibility index (Phi) is 4.17. The van der Waals surface area contributed by atoms with Gasteiger partial charge in [-0.2, -0.15) is 0 Å². The molecule has 0 spiro atoms. The van der Waals surface area contributed by atoms with Crippen LogP contribution >= 0.6 is 15.9 Å². The highest BCUT2D eigenvalue weighted by Crippen LogP contribution is 2.28. The predicted octanol–water partition coefficient (Wildman–Crippen LogP) is 2.74. The van der Waals surface area contributed by atoms with Crippen LogP contribution in [0.2, 0.25) is 0 Å². The van der Waals surface area contributed by atoms with Gasteiger partial charge in [0.2, 0.25) is 0 Å². The summed E-state index contributed by atoms with van der Waals surface area (Å²) >= 11 is 3.44. The van der Waals surface area contributed by atoms with Crippen molar-refractivity contribution >= 4 is 22.0 Å². The first-order valence-corrected chi connectivity index (χ1v) is 5.19. The molecule has 0 unspecified atom stereocenters. The molecule has 1 rings (SSSR count). The van der Waals surface area contributed by atoms with Crippen molar-refractivity contribution in [1.29, 1.82) is 0 Å². The maximum atomic E-state index is 5.40. The SMILES string of the molecule is COc1cc(C)c(/C=C/CN)cc1Br. The third kappa shape index (κ3) is 2.59. The summed E-state index contributed by atoms with van der Waals surface area (Å²) in [5.74, 6) is 0.854. The van der Waals surface area contributed by atoms with E-state index in [1.165, 1.54) is 5.56 Å². The lowest BCUT2D eigenvalue weighted by atomic mass is 10.1. The molecule has 2 nitrogen and oxygen atoms in total. The number of aryl methyl sites for hydroxylation is 1. The summed E-state index contributed by atoms with van der Waals surface area (Å²) in [6.45, 7) is 2.61. The normalized spacial score (nSPS) is 10.9. The van der Waals surface area contributed by atoms with Crippen LogP contribution in [0.15, 0.2) is 22.7 Å². The molecule has 2 N–H and O–H groups in total. The fourth-order valence-electron chi connectivity index (χ4n) is 1.20.